The molecule has 0 bridgehead atoms. The molecular weight excluding hydrogens is 167 g/mol. The van der Waals surface area contributed by atoms with Gasteiger partial charge in [-0.15, -0.1) is 0 Å². The number of hydrogen-bond acceptors (Lipinski definition) is 2. The fourth-order valence-corrected chi connectivity index (χ4v) is 1.55. The van der Waals surface area contributed by atoms with Crippen LogP contribution in [0.1, 0.15) is 16.7 Å². The second kappa shape index (κ2) is 2.83. The average molecular weight is 178 g/mol. The molecule has 68 valence electrons. The Kier molecular flexibility index (Phi) is 1.79. The van der Waals surface area contributed by atoms with Gasteiger partial charge in [-0.1, -0.05) is 0 Å². The Bertz CT molecular complexity index is 383. The highest BCUT2D eigenvalue weighted by molar-refractivity contribution is 5.99. The Hall–Kier alpha value is -1.38. The van der Waals surface area contributed by atoms with Crippen molar-refractivity contribution in [2.24, 2.45) is 10.7 Å². The minimum absolute atomic E-state index is 0.159. The lowest BCUT2D eigenvalue weighted by atomic mass is 9.98. The van der Waals surface area contributed by atoms with E-state index in [1.807, 2.05) is 0 Å². The molecule has 3 heteroatoms. The smallest absolute Gasteiger partial charge is 0.126 e. The molecular formula is C10H11FN2. The first-order chi connectivity index (χ1) is 6.18. The molecule has 1 aliphatic rings. The first-order valence-electron chi connectivity index (χ1n) is 4.28. The molecule has 0 aromatic heterocycles. The Morgan fingerprint density at radius 1 is 1.46 bits per heavy atom. The lowest BCUT2D eigenvalue weighted by Crippen LogP contribution is -2.21. The predicted octanol–water partition coefficient (Wildman–Crippen LogP) is 1.40. The third-order valence-corrected chi connectivity index (χ3v) is 2.32. The number of aryl methyl sites for hydroxylation is 1. The molecule has 0 fully saturated rings. The minimum Gasteiger partial charge on any atom is -0.383 e. The third-order valence-electron chi connectivity index (χ3n) is 2.32. The van der Waals surface area contributed by atoms with Gasteiger partial charge in [0.25, 0.3) is 0 Å². The summed E-state index contributed by atoms with van der Waals surface area (Å²) in [7, 11) is 0. The number of amidine groups is 1. The van der Waals surface area contributed by atoms with Gasteiger partial charge in [0.05, 0.1) is 0 Å². The van der Waals surface area contributed by atoms with Crippen molar-refractivity contribution in [3.8, 4) is 0 Å². The summed E-state index contributed by atoms with van der Waals surface area (Å²) in [5.41, 5.74) is 8.18. The summed E-state index contributed by atoms with van der Waals surface area (Å²) >= 11 is 0. The second-order valence-corrected chi connectivity index (χ2v) is 3.28. The van der Waals surface area contributed by atoms with Crippen molar-refractivity contribution in [2.75, 3.05) is 6.54 Å². The second-order valence-electron chi connectivity index (χ2n) is 3.28. The molecule has 1 aromatic rings. The molecule has 0 saturated carbocycles. The van der Waals surface area contributed by atoms with E-state index in [4.69, 9.17) is 5.73 Å². The summed E-state index contributed by atoms with van der Waals surface area (Å²) < 4.78 is 13.2. The number of nitrogens with two attached hydrogens (primary N) is 1. The van der Waals surface area contributed by atoms with E-state index in [0.29, 0.717) is 17.9 Å². The van der Waals surface area contributed by atoms with Crippen LogP contribution in [0.5, 0.6) is 0 Å². The lowest BCUT2D eigenvalue weighted by Gasteiger charge is -2.14. The monoisotopic (exact) mass is 178 g/mol. The summed E-state index contributed by atoms with van der Waals surface area (Å²) in [5, 5.41) is 0. The van der Waals surface area contributed by atoms with Gasteiger partial charge in [0.1, 0.15) is 11.7 Å². The van der Waals surface area contributed by atoms with Crippen molar-refractivity contribution in [2.45, 2.75) is 13.3 Å². The Morgan fingerprint density at radius 2 is 2.23 bits per heavy atom. The molecule has 0 radical (unpaired) electrons. The summed E-state index contributed by atoms with van der Waals surface area (Å²) in [4.78, 5) is 4.11. The van der Waals surface area contributed by atoms with Crippen LogP contribution in [0.15, 0.2) is 17.1 Å². The van der Waals surface area contributed by atoms with Crippen molar-refractivity contribution in [3.63, 3.8) is 0 Å². The maximum absolute atomic E-state index is 13.2. The highest BCUT2D eigenvalue weighted by Crippen LogP contribution is 2.18. The maximum atomic E-state index is 13.2. The van der Waals surface area contributed by atoms with Crippen LogP contribution in [-0.4, -0.2) is 12.4 Å². The standard InChI is InChI=1S/C10H11FN2/c1-6-4-8-7(5-9(6)11)2-3-13-10(8)12/h4-5H,2-3H2,1H3,(H2,12,13). The van der Waals surface area contributed by atoms with Crippen molar-refractivity contribution >= 4 is 5.84 Å². The number of nitrogens with zero attached hydrogens (tertiary/aromatic N) is 1. The van der Waals surface area contributed by atoms with Crippen LogP contribution < -0.4 is 5.73 Å². The van der Waals surface area contributed by atoms with Gasteiger partial charge in [-0.2, -0.15) is 0 Å². The van der Waals surface area contributed by atoms with Gasteiger partial charge < -0.3 is 5.73 Å². The van der Waals surface area contributed by atoms with Crippen molar-refractivity contribution in [3.05, 3.63) is 34.6 Å². The van der Waals surface area contributed by atoms with Crippen LogP contribution in [0, 0.1) is 12.7 Å². The van der Waals surface area contributed by atoms with Gasteiger partial charge in [0.2, 0.25) is 0 Å². The Balaban J connectivity index is 2.61. The van der Waals surface area contributed by atoms with Crippen LogP contribution in [0.4, 0.5) is 4.39 Å². The van der Waals surface area contributed by atoms with Gasteiger partial charge in [0.15, 0.2) is 0 Å². The fourth-order valence-electron chi connectivity index (χ4n) is 1.55. The van der Waals surface area contributed by atoms with E-state index in [9.17, 15) is 4.39 Å². The van der Waals surface area contributed by atoms with Gasteiger partial charge in [-0.25, -0.2) is 4.39 Å². The molecule has 13 heavy (non-hydrogen) atoms. The Morgan fingerprint density at radius 3 is 3.00 bits per heavy atom. The zero-order chi connectivity index (χ0) is 9.42. The van der Waals surface area contributed by atoms with Crippen molar-refractivity contribution < 1.29 is 4.39 Å². The van der Waals surface area contributed by atoms with E-state index in [0.717, 1.165) is 17.5 Å². The normalized spacial score (nSPS) is 15.1. The first kappa shape index (κ1) is 8.23. The molecule has 0 amide bonds. The van der Waals surface area contributed by atoms with E-state index in [2.05, 4.69) is 4.99 Å². The molecule has 1 aliphatic heterocycles. The molecule has 0 aliphatic carbocycles. The van der Waals surface area contributed by atoms with Gasteiger partial charge in [-0.3, -0.25) is 4.99 Å². The molecule has 0 spiro atoms. The van der Waals surface area contributed by atoms with E-state index in [1.54, 1.807) is 19.1 Å². The number of halogens is 1. The molecule has 0 saturated heterocycles. The maximum Gasteiger partial charge on any atom is 0.126 e. The topological polar surface area (TPSA) is 38.4 Å². The van der Waals surface area contributed by atoms with Gasteiger partial charge in [0, 0.05) is 12.1 Å². The number of rotatable bonds is 0. The van der Waals surface area contributed by atoms with Crippen LogP contribution in [-0.2, 0) is 6.42 Å². The summed E-state index contributed by atoms with van der Waals surface area (Å²) in [5.74, 6) is 0.373. The Labute approximate surface area is 76.3 Å². The number of hydrogen-bond donors (Lipinski definition) is 1. The van der Waals surface area contributed by atoms with E-state index in [-0.39, 0.29) is 5.82 Å². The largest absolute Gasteiger partial charge is 0.383 e. The summed E-state index contributed by atoms with van der Waals surface area (Å²) in [6, 6.07) is 3.33. The highest BCUT2D eigenvalue weighted by Gasteiger charge is 2.13. The third kappa shape index (κ3) is 1.30. The molecule has 1 aromatic carbocycles. The fraction of sp³-hybridized carbons (Fsp3) is 0.300. The van der Waals surface area contributed by atoms with E-state index < -0.39 is 0 Å². The SMILES string of the molecule is Cc1cc2c(cc1F)CCN=C2N. The van der Waals surface area contributed by atoms with E-state index in [1.165, 1.54) is 0 Å². The van der Waals surface area contributed by atoms with Crippen LogP contribution >= 0.6 is 0 Å². The molecule has 0 atom stereocenters. The zero-order valence-electron chi connectivity index (χ0n) is 7.47. The molecule has 1 heterocycles. The molecule has 0 unspecified atom stereocenters. The van der Waals surface area contributed by atoms with Crippen molar-refractivity contribution in [1.29, 1.82) is 0 Å². The van der Waals surface area contributed by atoms with Crippen LogP contribution in [0.2, 0.25) is 0 Å². The van der Waals surface area contributed by atoms with Gasteiger partial charge in [-0.05, 0) is 36.6 Å². The highest BCUT2D eigenvalue weighted by atomic mass is 19.1. The number of aliphatic imine (C=N–C) groups is 1. The molecule has 2 nitrogen and oxygen atoms in total. The minimum atomic E-state index is -0.159. The van der Waals surface area contributed by atoms with Crippen molar-refractivity contribution in [1.82, 2.24) is 0 Å². The first-order valence-corrected chi connectivity index (χ1v) is 4.28. The number of fused-ring (bicyclic) bond motifs is 1. The van der Waals surface area contributed by atoms with Crippen LogP contribution in [0.25, 0.3) is 0 Å². The predicted molar refractivity (Wildman–Crippen MR) is 50.4 cm³/mol. The van der Waals surface area contributed by atoms with E-state index >= 15 is 0 Å². The van der Waals surface area contributed by atoms with Crippen LogP contribution in [0.3, 0.4) is 0 Å². The molecule has 2 N–H and O–H groups in total. The summed E-state index contributed by atoms with van der Waals surface area (Å²) in [6.45, 7) is 2.40. The average Bonchev–Trinajstić information content (AvgIpc) is 2.09. The van der Waals surface area contributed by atoms with Gasteiger partial charge >= 0.3 is 0 Å². The quantitative estimate of drug-likeness (QED) is 0.640. The number of benzene rings is 1. The zero-order valence-corrected chi connectivity index (χ0v) is 7.47. The molecule has 2 rings (SSSR count). The summed E-state index contributed by atoms with van der Waals surface area (Å²) in [6.07, 6.45) is 0.785. The lowest BCUT2D eigenvalue weighted by molar-refractivity contribution is 0.615.